The number of anilines is 1. The lowest BCUT2D eigenvalue weighted by Crippen LogP contribution is -2.35. The van der Waals surface area contributed by atoms with Gasteiger partial charge in [0.2, 0.25) is 0 Å². The van der Waals surface area contributed by atoms with Gasteiger partial charge >= 0.3 is 0 Å². The quantitative estimate of drug-likeness (QED) is 0.897. The van der Waals surface area contributed by atoms with Crippen molar-refractivity contribution in [2.45, 2.75) is 19.3 Å². The molecule has 17 heavy (non-hydrogen) atoms. The van der Waals surface area contributed by atoms with Crippen molar-refractivity contribution >= 4 is 37.7 Å². The Morgan fingerprint density at radius 2 is 2.06 bits per heavy atom. The third kappa shape index (κ3) is 3.42. The van der Waals surface area contributed by atoms with Crippen molar-refractivity contribution in [2.75, 3.05) is 24.5 Å². The van der Waals surface area contributed by atoms with Gasteiger partial charge in [0.15, 0.2) is 0 Å². The molecule has 0 saturated carbocycles. The summed E-state index contributed by atoms with van der Waals surface area (Å²) in [6.07, 6.45) is 5.46. The molecule has 2 N–H and O–H groups in total. The summed E-state index contributed by atoms with van der Waals surface area (Å²) in [5, 5.41) is 0. The van der Waals surface area contributed by atoms with E-state index in [1.807, 2.05) is 12.3 Å². The molecule has 2 heterocycles. The van der Waals surface area contributed by atoms with Gasteiger partial charge in [-0.15, -0.1) is 0 Å². The molecule has 0 spiro atoms. The largest absolute Gasteiger partial charge is 0.356 e. The van der Waals surface area contributed by atoms with Gasteiger partial charge in [0, 0.05) is 23.8 Å². The fourth-order valence-electron chi connectivity index (χ4n) is 2.31. The second kappa shape index (κ2) is 6.16. The van der Waals surface area contributed by atoms with Crippen LogP contribution < -0.4 is 10.6 Å². The summed E-state index contributed by atoms with van der Waals surface area (Å²) < 4.78 is 2.07. The van der Waals surface area contributed by atoms with Crippen LogP contribution in [0.15, 0.2) is 21.2 Å². The third-order valence-corrected chi connectivity index (χ3v) is 4.29. The normalized spacial score (nSPS) is 17.5. The van der Waals surface area contributed by atoms with Crippen molar-refractivity contribution in [1.29, 1.82) is 0 Å². The fourth-order valence-corrected chi connectivity index (χ4v) is 3.55. The second-order valence-corrected chi connectivity index (χ2v) is 6.24. The lowest BCUT2D eigenvalue weighted by atomic mass is 9.94. The molecule has 1 aliphatic heterocycles. The molecular formula is C12H17Br2N3. The van der Waals surface area contributed by atoms with Gasteiger partial charge in [-0.2, -0.15) is 0 Å². The highest BCUT2D eigenvalue weighted by Gasteiger charge is 2.20. The van der Waals surface area contributed by atoms with Crippen LogP contribution in [0.5, 0.6) is 0 Å². The molecule has 0 atom stereocenters. The molecule has 0 aromatic carbocycles. The molecule has 0 amide bonds. The van der Waals surface area contributed by atoms with Gasteiger partial charge in [0.25, 0.3) is 0 Å². The molecule has 1 aromatic heterocycles. The van der Waals surface area contributed by atoms with E-state index in [4.69, 9.17) is 5.73 Å². The van der Waals surface area contributed by atoms with Crippen LogP contribution in [0, 0.1) is 5.92 Å². The van der Waals surface area contributed by atoms with E-state index in [2.05, 4.69) is 41.7 Å². The van der Waals surface area contributed by atoms with Crippen molar-refractivity contribution in [3.8, 4) is 0 Å². The number of piperidine rings is 1. The van der Waals surface area contributed by atoms with Gasteiger partial charge < -0.3 is 10.6 Å². The number of aromatic nitrogens is 1. The first-order valence-electron chi connectivity index (χ1n) is 5.96. The van der Waals surface area contributed by atoms with Crippen molar-refractivity contribution < 1.29 is 0 Å². The molecule has 1 fully saturated rings. The molecule has 1 saturated heterocycles. The van der Waals surface area contributed by atoms with Crippen LogP contribution in [0.1, 0.15) is 19.3 Å². The van der Waals surface area contributed by atoms with E-state index < -0.39 is 0 Å². The summed E-state index contributed by atoms with van der Waals surface area (Å²) in [5.74, 6) is 1.85. The molecule has 5 heteroatoms. The van der Waals surface area contributed by atoms with Crippen LogP contribution in [0.25, 0.3) is 0 Å². The fraction of sp³-hybridized carbons (Fsp3) is 0.583. The van der Waals surface area contributed by atoms with Gasteiger partial charge in [-0.3, -0.25) is 0 Å². The maximum Gasteiger partial charge on any atom is 0.142 e. The molecule has 0 aliphatic carbocycles. The highest BCUT2D eigenvalue weighted by Crippen LogP contribution is 2.30. The van der Waals surface area contributed by atoms with Gasteiger partial charge in [-0.25, -0.2) is 4.98 Å². The summed E-state index contributed by atoms with van der Waals surface area (Å²) in [4.78, 5) is 6.83. The Morgan fingerprint density at radius 3 is 2.65 bits per heavy atom. The Hall–Kier alpha value is -0.130. The topological polar surface area (TPSA) is 42.1 Å². The molecule has 3 nitrogen and oxygen atoms in total. The maximum absolute atomic E-state index is 5.61. The average Bonchev–Trinajstić information content (AvgIpc) is 2.31. The Kier molecular flexibility index (Phi) is 4.82. The summed E-state index contributed by atoms with van der Waals surface area (Å²) in [6.45, 7) is 2.97. The van der Waals surface area contributed by atoms with Gasteiger partial charge in [-0.1, -0.05) is 0 Å². The molecular weight excluding hydrogens is 346 g/mol. The zero-order chi connectivity index (χ0) is 12.3. The molecule has 0 radical (unpaired) electrons. The second-order valence-electron chi connectivity index (χ2n) is 4.47. The van der Waals surface area contributed by atoms with E-state index >= 15 is 0 Å². The highest BCUT2D eigenvalue weighted by molar-refractivity contribution is 9.11. The van der Waals surface area contributed by atoms with E-state index in [1.165, 1.54) is 12.8 Å². The first kappa shape index (κ1) is 13.3. The number of rotatable bonds is 3. The Labute approximate surface area is 119 Å². The van der Waals surface area contributed by atoms with E-state index in [9.17, 15) is 0 Å². The van der Waals surface area contributed by atoms with Gasteiger partial charge in [0.1, 0.15) is 5.82 Å². The van der Waals surface area contributed by atoms with Crippen LogP contribution in [-0.4, -0.2) is 24.6 Å². The minimum absolute atomic E-state index is 0.797. The monoisotopic (exact) mass is 361 g/mol. The molecule has 0 unspecified atom stereocenters. The molecule has 0 bridgehead atoms. The SMILES string of the molecule is NCCC1CCN(c2ncc(Br)cc2Br)CC1. The number of hydrogen-bond acceptors (Lipinski definition) is 3. The highest BCUT2D eigenvalue weighted by atomic mass is 79.9. The van der Waals surface area contributed by atoms with E-state index in [-0.39, 0.29) is 0 Å². The minimum Gasteiger partial charge on any atom is -0.356 e. The predicted octanol–water partition coefficient (Wildman–Crippen LogP) is 3.17. The molecule has 2 rings (SSSR count). The molecule has 94 valence electrons. The van der Waals surface area contributed by atoms with E-state index in [0.717, 1.165) is 46.7 Å². The van der Waals surface area contributed by atoms with E-state index in [1.54, 1.807) is 0 Å². The van der Waals surface area contributed by atoms with Crippen LogP contribution >= 0.6 is 31.9 Å². The molecule has 1 aromatic rings. The zero-order valence-corrected chi connectivity index (χ0v) is 12.9. The number of nitrogens with two attached hydrogens (primary N) is 1. The van der Waals surface area contributed by atoms with Crippen molar-refractivity contribution in [2.24, 2.45) is 11.7 Å². The lowest BCUT2D eigenvalue weighted by molar-refractivity contribution is 0.385. The van der Waals surface area contributed by atoms with Crippen molar-refractivity contribution in [3.63, 3.8) is 0 Å². The Bertz CT molecular complexity index is 376. The first-order chi connectivity index (χ1) is 8.20. The number of nitrogens with zero attached hydrogens (tertiary/aromatic N) is 2. The average molecular weight is 363 g/mol. The van der Waals surface area contributed by atoms with Crippen molar-refractivity contribution in [1.82, 2.24) is 4.98 Å². The molecule has 1 aliphatic rings. The number of hydrogen-bond donors (Lipinski definition) is 1. The lowest BCUT2D eigenvalue weighted by Gasteiger charge is -2.33. The summed E-state index contributed by atoms with van der Waals surface area (Å²) in [7, 11) is 0. The minimum atomic E-state index is 0.797. The van der Waals surface area contributed by atoms with E-state index in [0.29, 0.717) is 0 Å². The Balaban J connectivity index is 2.00. The third-order valence-electron chi connectivity index (χ3n) is 3.28. The summed E-state index contributed by atoms with van der Waals surface area (Å²) in [5.41, 5.74) is 5.61. The standard InChI is InChI=1S/C12H17Br2N3/c13-10-7-11(14)12(16-8-10)17-5-2-9(1-4-15)3-6-17/h7-9H,1-6,15H2. The van der Waals surface area contributed by atoms with Crippen molar-refractivity contribution in [3.05, 3.63) is 21.2 Å². The zero-order valence-electron chi connectivity index (χ0n) is 9.70. The van der Waals surface area contributed by atoms with Crippen LogP contribution in [0.4, 0.5) is 5.82 Å². The van der Waals surface area contributed by atoms with Crippen LogP contribution in [0.3, 0.4) is 0 Å². The van der Waals surface area contributed by atoms with Crippen LogP contribution in [0.2, 0.25) is 0 Å². The number of pyridine rings is 1. The smallest absolute Gasteiger partial charge is 0.142 e. The number of halogens is 2. The van der Waals surface area contributed by atoms with Crippen LogP contribution in [-0.2, 0) is 0 Å². The summed E-state index contributed by atoms with van der Waals surface area (Å²) in [6, 6.07) is 2.05. The summed E-state index contributed by atoms with van der Waals surface area (Å²) >= 11 is 7.00. The van der Waals surface area contributed by atoms with Gasteiger partial charge in [-0.05, 0) is 69.7 Å². The maximum atomic E-state index is 5.61. The first-order valence-corrected chi connectivity index (χ1v) is 7.55. The Morgan fingerprint density at radius 1 is 1.35 bits per heavy atom. The van der Waals surface area contributed by atoms with Gasteiger partial charge in [0.05, 0.1) is 4.47 Å². The predicted molar refractivity (Wildman–Crippen MR) is 78.2 cm³/mol.